The number of aromatic carboxylic acids is 1. The minimum Gasteiger partial charge on any atom is -0.477 e. The highest BCUT2D eigenvalue weighted by Crippen LogP contribution is 2.24. The third-order valence-electron chi connectivity index (χ3n) is 3.85. The van der Waals surface area contributed by atoms with Crippen molar-refractivity contribution >= 4 is 17.6 Å². The zero-order valence-electron chi connectivity index (χ0n) is 12.5. The number of nitrogens with zero attached hydrogens (tertiary/aromatic N) is 3. The number of halogens is 2. The molecule has 1 aliphatic heterocycles. The van der Waals surface area contributed by atoms with E-state index in [-0.39, 0.29) is 43.3 Å². The predicted octanol–water partition coefficient (Wildman–Crippen LogP) is 1.35. The fourth-order valence-corrected chi connectivity index (χ4v) is 2.63. The minimum absolute atomic E-state index is 0.00192. The Bertz CT molecular complexity index is 765. The van der Waals surface area contributed by atoms with Gasteiger partial charge in [0.2, 0.25) is 0 Å². The molecule has 1 aromatic carbocycles. The molecule has 0 saturated carbocycles. The maximum atomic E-state index is 13.8. The predicted molar refractivity (Wildman–Crippen MR) is 80.0 cm³/mol. The molecule has 0 radical (unpaired) electrons. The Morgan fingerprint density at radius 1 is 1.12 bits per heavy atom. The summed E-state index contributed by atoms with van der Waals surface area (Å²) in [4.78, 5) is 26.1. The van der Waals surface area contributed by atoms with Crippen LogP contribution in [0.15, 0.2) is 24.3 Å². The second-order valence-electron chi connectivity index (χ2n) is 5.32. The van der Waals surface area contributed by atoms with E-state index in [1.807, 2.05) is 0 Å². The molecule has 2 N–H and O–H groups in total. The molecule has 7 nitrogen and oxygen atoms in total. The van der Waals surface area contributed by atoms with Gasteiger partial charge in [-0.05, 0) is 12.1 Å². The lowest BCUT2D eigenvalue weighted by Crippen LogP contribution is -2.49. The summed E-state index contributed by atoms with van der Waals surface area (Å²) in [6.07, 6.45) is 0. The summed E-state index contributed by atoms with van der Waals surface area (Å²) in [6.45, 7) is 1.03. The van der Waals surface area contributed by atoms with Crippen molar-refractivity contribution in [2.45, 2.75) is 0 Å². The maximum absolute atomic E-state index is 13.8. The van der Waals surface area contributed by atoms with Crippen molar-refractivity contribution in [1.82, 2.24) is 15.1 Å². The summed E-state index contributed by atoms with van der Waals surface area (Å²) in [7, 11) is 0. The Kier molecular flexibility index (Phi) is 4.15. The molecular formula is C15H14F2N4O3. The molecule has 0 atom stereocenters. The number of nitrogens with one attached hydrogen (secondary N) is 1. The second kappa shape index (κ2) is 6.26. The number of piperazine rings is 1. The molecule has 9 heteroatoms. The number of hydrogen-bond donors (Lipinski definition) is 2. The van der Waals surface area contributed by atoms with Gasteiger partial charge >= 0.3 is 5.97 Å². The van der Waals surface area contributed by atoms with E-state index in [9.17, 15) is 18.4 Å². The molecule has 24 heavy (non-hydrogen) atoms. The number of aromatic nitrogens is 2. The molecule has 1 aromatic heterocycles. The quantitative estimate of drug-likeness (QED) is 0.883. The van der Waals surface area contributed by atoms with E-state index in [1.165, 1.54) is 23.1 Å². The number of carbonyl (C=O) groups is 2. The molecule has 0 bridgehead atoms. The number of rotatable bonds is 3. The number of carboxylic acid groups (broad SMARTS) is 1. The van der Waals surface area contributed by atoms with Crippen molar-refractivity contribution in [3.8, 4) is 0 Å². The average Bonchev–Trinajstić information content (AvgIpc) is 3.05. The molecule has 126 valence electrons. The van der Waals surface area contributed by atoms with Crippen LogP contribution in [0.3, 0.4) is 0 Å². The summed E-state index contributed by atoms with van der Waals surface area (Å²) >= 11 is 0. The Morgan fingerprint density at radius 2 is 1.75 bits per heavy atom. The van der Waals surface area contributed by atoms with Crippen molar-refractivity contribution in [3.63, 3.8) is 0 Å². The Hall–Kier alpha value is -2.97. The standard InChI is InChI=1S/C15H14F2N4O3/c16-9-2-1-3-10(17)13(9)20-4-6-21(7-5-20)14(22)11-8-12(15(23)24)19-18-11/h1-3,8H,4-7H2,(H,18,19)(H,23,24). The van der Waals surface area contributed by atoms with Crippen LogP contribution in [0.25, 0.3) is 0 Å². The highest BCUT2D eigenvalue weighted by Gasteiger charge is 2.27. The number of H-pyrrole nitrogens is 1. The fourth-order valence-electron chi connectivity index (χ4n) is 2.63. The number of benzene rings is 1. The molecule has 0 unspecified atom stereocenters. The molecule has 0 spiro atoms. The molecule has 3 rings (SSSR count). The first kappa shape index (κ1) is 15.9. The Morgan fingerprint density at radius 3 is 2.29 bits per heavy atom. The van der Waals surface area contributed by atoms with Gasteiger partial charge in [0.25, 0.3) is 5.91 Å². The molecule has 2 heterocycles. The van der Waals surface area contributed by atoms with Crippen LogP contribution in [0, 0.1) is 11.6 Å². The minimum atomic E-state index is -1.21. The first-order valence-electron chi connectivity index (χ1n) is 7.24. The lowest BCUT2D eigenvalue weighted by Gasteiger charge is -2.36. The Balaban J connectivity index is 1.68. The molecule has 1 aliphatic rings. The smallest absolute Gasteiger partial charge is 0.353 e. The number of anilines is 1. The van der Waals surface area contributed by atoms with Crippen LogP contribution in [-0.4, -0.2) is 58.3 Å². The summed E-state index contributed by atoms with van der Waals surface area (Å²) in [5.41, 5.74) is -0.277. The number of hydrogen-bond acceptors (Lipinski definition) is 4. The highest BCUT2D eigenvalue weighted by molar-refractivity contribution is 5.95. The second-order valence-corrected chi connectivity index (χ2v) is 5.32. The van der Waals surface area contributed by atoms with E-state index in [4.69, 9.17) is 5.11 Å². The molecule has 1 fully saturated rings. The van der Waals surface area contributed by atoms with E-state index in [1.54, 1.807) is 4.90 Å². The fraction of sp³-hybridized carbons (Fsp3) is 0.267. The zero-order chi connectivity index (χ0) is 17.3. The SMILES string of the molecule is O=C(O)c1cc(C(=O)N2CCN(c3c(F)cccc3F)CC2)n[nH]1. The van der Waals surface area contributed by atoms with Gasteiger partial charge in [-0.15, -0.1) is 0 Å². The van der Waals surface area contributed by atoms with Crippen LogP contribution < -0.4 is 4.90 Å². The van der Waals surface area contributed by atoms with Crippen LogP contribution in [0.1, 0.15) is 21.0 Å². The van der Waals surface area contributed by atoms with Gasteiger partial charge in [0.1, 0.15) is 23.0 Å². The van der Waals surface area contributed by atoms with Gasteiger partial charge in [-0.3, -0.25) is 9.89 Å². The molecule has 0 aliphatic carbocycles. The van der Waals surface area contributed by atoms with Crippen LogP contribution in [0.2, 0.25) is 0 Å². The Labute approximate surface area is 135 Å². The maximum Gasteiger partial charge on any atom is 0.353 e. The highest BCUT2D eigenvalue weighted by atomic mass is 19.1. The number of carbonyl (C=O) groups excluding carboxylic acids is 1. The summed E-state index contributed by atoms with van der Waals surface area (Å²) < 4.78 is 27.6. The van der Waals surface area contributed by atoms with Gasteiger partial charge < -0.3 is 14.9 Å². The van der Waals surface area contributed by atoms with Crippen LogP contribution >= 0.6 is 0 Å². The third kappa shape index (κ3) is 2.92. The van der Waals surface area contributed by atoms with Crippen molar-refractivity contribution in [2.75, 3.05) is 31.1 Å². The normalized spacial score (nSPS) is 14.8. The van der Waals surface area contributed by atoms with Gasteiger partial charge in [0.05, 0.1) is 0 Å². The number of amides is 1. The first-order chi connectivity index (χ1) is 11.5. The largest absolute Gasteiger partial charge is 0.477 e. The van der Waals surface area contributed by atoms with Crippen molar-refractivity contribution in [3.05, 3.63) is 47.3 Å². The zero-order valence-corrected chi connectivity index (χ0v) is 12.5. The van der Waals surface area contributed by atoms with E-state index < -0.39 is 23.5 Å². The summed E-state index contributed by atoms with van der Waals surface area (Å²) in [5.74, 6) is -2.92. The summed E-state index contributed by atoms with van der Waals surface area (Å²) in [5, 5.41) is 14.8. The van der Waals surface area contributed by atoms with E-state index in [0.29, 0.717) is 0 Å². The number of aromatic amines is 1. The molecular weight excluding hydrogens is 322 g/mol. The average molecular weight is 336 g/mol. The van der Waals surface area contributed by atoms with Crippen LogP contribution in [0.5, 0.6) is 0 Å². The van der Waals surface area contributed by atoms with Gasteiger partial charge in [-0.1, -0.05) is 6.07 Å². The topological polar surface area (TPSA) is 89.5 Å². The lowest BCUT2D eigenvalue weighted by molar-refractivity contribution is 0.0689. The van der Waals surface area contributed by atoms with E-state index in [2.05, 4.69) is 10.2 Å². The van der Waals surface area contributed by atoms with E-state index in [0.717, 1.165) is 6.07 Å². The van der Waals surface area contributed by atoms with E-state index >= 15 is 0 Å². The number of carboxylic acids is 1. The van der Waals surface area contributed by atoms with Crippen LogP contribution in [0.4, 0.5) is 14.5 Å². The summed E-state index contributed by atoms with van der Waals surface area (Å²) in [6, 6.07) is 4.83. The monoisotopic (exact) mass is 336 g/mol. The van der Waals surface area contributed by atoms with Crippen LogP contribution in [-0.2, 0) is 0 Å². The van der Waals surface area contributed by atoms with Crippen molar-refractivity contribution in [2.24, 2.45) is 0 Å². The van der Waals surface area contributed by atoms with Gasteiger partial charge in [0.15, 0.2) is 5.69 Å². The van der Waals surface area contributed by atoms with Crippen molar-refractivity contribution in [1.29, 1.82) is 0 Å². The first-order valence-corrected chi connectivity index (χ1v) is 7.24. The van der Waals surface area contributed by atoms with Crippen molar-refractivity contribution < 1.29 is 23.5 Å². The third-order valence-corrected chi connectivity index (χ3v) is 3.85. The number of para-hydroxylation sites is 1. The van der Waals surface area contributed by atoms with Gasteiger partial charge in [-0.25, -0.2) is 13.6 Å². The molecule has 2 aromatic rings. The lowest BCUT2D eigenvalue weighted by atomic mass is 10.2. The van der Waals surface area contributed by atoms with Gasteiger partial charge in [0, 0.05) is 32.2 Å². The molecule has 1 amide bonds. The molecule has 1 saturated heterocycles. The van der Waals surface area contributed by atoms with Gasteiger partial charge in [-0.2, -0.15) is 5.10 Å².